The fourth-order valence-corrected chi connectivity index (χ4v) is 4.24. The zero-order chi connectivity index (χ0) is 16.7. The van der Waals surface area contributed by atoms with Crippen LogP contribution in [-0.2, 0) is 4.79 Å². The molecule has 2 saturated heterocycles. The summed E-state index contributed by atoms with van der Waals surface area (Å²) in [5, 5.41) is 9.88. The van der Waals surface area contributed by atoms with Gasteiger partial charge >= 0.3 is 0 Å². The molecule has 2 aromatic carbocycles. The molecular weight excluding hydrogens is 302 g/mol. The minimum atomic E-state index is -0.00880. The first-order chi connectivity index (χ1) is 11.7. The molecule has 1 aliphatic carbocycles. The van der Waals surface area contributed by atoms with Crippen molar-refractivity contribution in [3.8, 4) is 11.5 Å². The lowest BCUT2D eigenvalue weighted by molar-refractivity contribution is -0.128. The van der Waals surface area contributed by atoms with Crippen molar-refractivity contribution in [1.29, 1.82) is 0 Å². The zero-order valence-electron chi connectivity index (χ0n) is 13.7. The number of nitrogens with zero attached hydrogens (tertiary/aromatic N) is 1. The van der Waals surface area contributed by atoms with Crippen LogP contribution in [0.15, 0.2) is 48.5 Å². The number of phenols is 1. The van der Waals surface area contributed by atoms with Gasteiger partial charge in [-0.25, -0.2) is 0 Å². The van der Waals surface area contributed by atoms with Crippen molar-refractivity contribution >= 4 is 11.5 Å². The molecule has 3 unspecified atom stereocenters. The van der Waals surface area contributed by atoms with E-state index in [0.717, 1.165) is 29.8 Å². The Bertz CT molecular complexity index is 756. The quantitative estimate of drug-likeness (QED) is 0.936. The van der Waals surface area contributed by atoms with E-state index < -0.39 is 0 Å². The highest BCUT2D eigenvalue weighted by molar-refractivity contribution is 5.86. The lowest BCUT2D eigenvalue weighted by Crippen LogP contribution is -2.54. The predicted octanol–water partition coefficient (Wildman–Crippen LogP) is 3.70. The zero-order valence-corrected chi connectivity index (χ0v) is 13.7. The number of rotatable bonds is 3. The summed E-state index contributed by atoms with van der Waals surface area (Å²) < 4.78 is 5.26. The van der Waals surface area contributed by atoms with Gasteiger partial charge in [-0.2, -0.15) is 0 Å². The summed E-state index contributed by atoms with van der Waals surface area (Å²) in [7, 11) is 1.66. The second-order valence-electron chi connectivity index (χ2n) is 6.65. The number of phenolic OH excluding ortho intramolecular Hbond substituents is 1. The van der Waals surface area contributed by atoms with Crippen molar-refractivity contribution in [3.05, 3.63) is 54.1 Å². The molecule has 2 aromatic rings. The third-order valence-electron chi connectivity index (χ3n) is 5.32. The Morgan fingerprint density at radius 1 is 1.12 bits per heavy atom. The van der Waals surface area contributed by atoms with Gasteiger partial charge in [0.05, 0.1) is 13.2 Å². The topological polar surface area (TPSA) is 49.8 Å². The summed E-state index contributed by atoms with van der Waals surface area (Å²) in [5.41, 5.74) is 2.11. The highest BCUT2D eigenvalue weighted by Crippen LogP contribution is 2.48. The van der Waals surface area contributed by atoms with Gasteiger partial charge in [-0.15, -0.1) is 0 Å². The first kappa shape index (κ1) is 15.1. The monoisotopic (exact) mass is 323 g/mol. The number of hydrogen-bond donors (Lipinski definition) is 1. The van der Waals surface area contributed by atoms with Crippen LogP contribution in [0, 0.1) is 5.92 Å². The van der Waals surface area contributed by atoms with E-state index in [1.165, 1.54) is 0 Å². The second kappa shape index (κ2) is 5.86. The number of carbonyl (C=O) groups is 1. The van der Waals surface area contributed by atoms with E-state index in [4.69, 9.17) is 4.74 Å². The van der Waals surface area contributed by atoms with Crippen LogP contribution >= 0.6 is 0 Å². The molecule has 2 bridgehead atoms. The minimum Gasteiger partial charge on any atom is -0.508 e. The van der Waals surface area contributed by atoms with Gasteiger partial charge in [-0.1, -0.05) is 12.1 Å². The van der Waals surface area contributed by atoms with Gasteiger partial charge in [0.15, 0.2) is 0 Å². The molecule has 2 aliphatic heterocycles. The van der Waals surface area contributed by atoms with E-state index in [1.807, 2.05) is 24.3 Å². The molecule has 5 rings (SSSR count). The van der Waals surface area contributed by atoms with Crippen molar-refractivity contribution in [1.82, 2.24) is 0 Å². The summed E-state index contributed by atoms with van der Waals surface area (Å²) in [4.78, 5) is 14.9. The summed E-state index contributed by atoms with van der Waals surface area (Å²) in [6.45, 7) is 0. The maximum Gasteiger partial charge on any atom is 0.140 e. The normalized spacial score (nSPS) is 25.8. The van der Waals surface area contributed by atoms with Gasteiger partial charge in [-0.3, -0.25) is 4.79 Å². The molecule has 3 atom stereocenters. The van der Waals surface area contributed by atoms with Crippen molar-refractivity contribution in [3.63, 3.8) is 0 Å². The number of methoxy groups -OCH3 is 1. The van der Waals surface area contributed by atoms with Crippen molar-refractivity contribution in [2.75, 3.05) is 12.0 Å². The van der Waals surface area contributed by atoms with Crippen molar-refractivity contribution in [2.24, 2.45) is 5.92 Å². The fourth-order valence-electron chi connectivity index (χ4n) is 4.24. The lowest BCUT2D eigenvalue weighted by atomic mass is 9.71. The predicted molar refractivity (Wildman–Crippen MR) is 92.5 cm³/mol. The molecule has 4 heteroatoms. The summed E-state index contributed by atoms with van der Waals surface area (Å²) in [6, 6.07) is 15.6. The molecule has 0 spiro atoms. The SMILES string of the molecule is COc1ccc(N2C3CCC(C(=O)C3)C2c2cccc(O)c2)cc1. The minimum absolute atomic E-state index is 0.00102. The lowest BCUT2D eigenvalue weighted by Gasteiger charge is -2.52. The van der Waals surface area contributed by atoms with E-state index in [1.54, 1.807) is 19.2 Å². The summed E-state index contributed by atoms with van der Waals surface area (Å²) in [5.74, 6) is 1.42. The van der Waals surface area contributed by atoms with Gasteiger partial charge < -0.3 is 14.7 Å². The third-order valence-corrected chi connectivity index (χ3v) is 5.32. The number of ether oxygens (including phenoxy) is 1. The van der Waals surface area contributed by atoms with Crippen LogP contribution in [0.25, 0.3) is 0 Å². The van der Waals surface area contributed by atoms with Crippen molar-refractivity contribution < 1.29 is 14.6 Å². The highest BCUT2D eigenvalue weighted by atomic mass is 16.5. The van der Waals surface area contributed by atoms with E-state index >= 15 is 0 Å². The first-order valence-electron chi connectivity index (χ1n) is 8.41. The fraction of sp³-hybridized carbons (Fsp3) is 0.350. The smallest absolute Gasteiger partial charge is 0.140 e. The van der Waals surface area contributed by atoms with Crippen LogP contribution < -0.4 is 9.64 Å². The summed E-state index contributed by atoms with van der Waals surface area (Å²) in [6.07, 6.45) is 2.58. The van der Waals surface area contributed by atoms with Crippen LogP contribution in [0.4, 0.5) is 5.69 Å². The number of fused-ring (bicyclic) bond motifs is 3. The second-order valence-corrected chi connectivity index (χ2v) is 6.65. The number of piperidine rings is 2. The van der Waals surface area contributed by atoms with E-state index in [-0.39, 0.29) is 23.8 Å². The molecule has 0 amide bonds. The molecule has 1 N–H and O–H groups in total. The van der Waals surface area contributed by atoms with Crippen LogP contribution in [0.1, 0.15) is 30.9 Å². The standard InChI is InChI=1S/C20H21NO3/c1-24-17-8-5-14(6-9-17)21-15-7-10-18(19(23)12-15)20(21)13-3-2-4-16(22)11-13/h2-6,8-9,11,15,18,20,22H,7,10,12H2,1H3. The van der Waals surface area contributed by atoms with E-state index in [9.17, 15) is 9.90 Å². The molecule has 0 radical (unpaired) electrons. The maximum atomic E-state index is 12.5. The highest BCUT2D eigenvalue weighted by Gasteiger charge is 2.47. The van der Waals surface area contributed by atoms with Gasteiger partial charge in [-0.05, 0) is 54.8 Å². The Morgan fingerprint density at radius 2 is 1.92 bits per heavy atom. The number of ketones is 1. The Balaban J connectivity index is 1.78. The van der Waals surface area contributed by atoms with Crippen molar-refractivity contribution in [2.45, 2.75) is 31.3 Å². The Hall–Kier alpha value is -2.49. The van der Waals surface area contributed by atoms with Crippen LogP contribution in [-0.4, -0.2) is 24.0 Å². The van der Waals surface area contributed by atoms with Crippen LogP contribution in [0.5, 0.6) is 11.5 Å². The number of benzene rings is 2. The Morgan fingerprint density at radius 3 is 2.58 bits per heavy atom. The van der Waals surface area contributed by atoms with Crippen LogP contribution in [0.2, 0.25) is 0 Å². The number of anilines is 1. The van der Waals surface area contributed by atoms with Gasteiger partial charge in [0.2, 0.25) is 0 Å². The number of aromatic hydroxyl groups is 1. The van der Waals surface area contributed by atoms with E-state index in [0.29, 0.717) is 12.2 Å². The molecule has 3 fully saturated rings. The molecular formula is C20H21NO3. The largest absolute Gasteiger partial charge is 0.508 e. The first-order valence-corrected chi connectivity index (χ1v) is 8.41. The van der Waals surface area contributed by atoms with Gasteiger partial charge in [0.25, 0.3) is 0 Å². The summed E-state index contributed by atoms with van der Waals surface area (Å²) >= 11 is 0. The average Bonchev–Trinajstić information content (AvgIpc) is 2.61. The van der Waals surface area contributed by atoms with E-state index in [2.05, 4.69) is 17.0 Å². The molecule has 4 nitrogen and oxygen atoms in total. The van der Waals surface area contributed by atoms with Crippen LogP contribution in [0.3, 0.4) is 0 Å². The molecule has 2 heterocycles. The Labute approximate surface area is 141 Å². The number of hydrogen-bond acceptors (Lipinski definition) is 4. The van der Waals surface area contributed by atoms with Gasteiger partial charge in [0, 0.05) is 24.1 Å². The maximum absolute atomic E-state index is 12.5. The molecule has 1 saturated carbocycles. The molecule has 24 heavy (non-hydrogen) atoms. The number of carbonyl (C=O) groups excluding carboxylic acids is 1. The third kappa shape index (κ3) is 2.42. The molecule has 0 aromatic heterocycles. The average molecular weight is 323 g/mol. The molecule has 124 valence electrons. The Kier molecular flexibility index (Phi) is 3.68. The molecule has 3 aliphatic rings. The number of Topliss-reactive ketones (excluding diaryl/α,β-unsaturated/α-hetero) is 1. The van der Waals surface area contributed by atoms with Gasteiger partial charge in [0.1, 0.15) is 17.3 Å².